The third-order valence-electron chi connectivity index (χ3n) is 5.46. The molecule has 0 amide bonds. The average molecular weight is 540 g/mol. The van der Waals surface area contributed by atoms with Crippen LogP contribution in [0.1, 0.15) is 24.0 Å². The summed E-state index contributed by atoms with van der Waals surface area (Å²) in [6, 6.07) is 4.10. The zero-order chi connectivity index (χ0) is 23.7. The van der Waals surface area contributed by atoms with Crippen LogP contribution in [0.2, 0.25) is 0 Å². The van der Waals surface area contributed by atoms with E-state index in [1.54, 1.807) is 6.92 Å². The number of fused-ring (bicyclic) bond motifs is 1. The number of methoxy groups -OCH3 is 1. The Morgan fingerprint density at radius 3 is 2.73 bits per heavy atom. The van der Waals surface area contributed by atoms with Crippen molar-refractivity contribution in [1.29, 1.82) is 0 Å². The maximum atomic E-state index is 14.2. The normalized spacial score (nSPS) is 15.1. The van der Waals surface area contributed by atoms with Crippen LogP contribution in [0.15, 0.2) is 31.6 Å². The average Bonchev–Trinajstić information content (AvgIpc) is 3.11. The predicted octanol–water partition coefficient (Wildman–Crippen LogP) is 3.77. The fourth-order valence-corrected chi connectivity index (χ4v) is 5.38. The summed E-state index contributed by atoms with van der Waals surface area (Å²) in [4.78, 5) is 26.6. The number of aromatic nitrogens is 2. The van der Waals surface area contributed by atoms with Crippen molar-refractivity contribution in [3.8, 4) is 5.75 Å². The van der Waals surface area contributed by atoms with Crippen LogP contribution in [-0.4, -0.2) is 42.7 Å². The highest BCUT2D eigenvalue weighted by Crippen LogP contribution is 2.34. The molecule has 1 aromatic carbocycles. The van der Waals surface area contributed by atoms with Crippen molar-refractivity contribution in [2.24, 2.45) is 0 Å². The second-order valence-electron chi connectivity index (χ2n) is 7.47. The van der Waals surface area contributed by atoms with Crippen molar-refractivity contribution in [3.05, 3.63) is 59.8 Å². The lowest BCUT2D eigenvalue weighted by Gasteiger charge is -2.25. The lowest BCUT2D eigenvalue weighted by Crippen LogP contribution is -2.42. The van der Waals surface area contributed by atoms with Gasteiger partial charge in [-0.1, -0.05) is 0 Å². The number of hydrogen-bond donors (Lipinski definition) is 1. The molecule has 0 bridgehead atoms. The van der Waals surface area contributed by atoms with Crippen LogP contribution in [-0.2, 0) is 9.47 Å². The molecule has 0 spiro atoms. The first-order chi connectivity index (χ1) is 15.8. The Hall–Kier alpha value is -2.63. The van der Waals surface area contributed by atoms with E-state index in [0.717, 1.165) is 14.0 Å². The van der Waals surface area contributed by atoms with E-state index in [4.69, 9.17) is 14.2 Å². The van der Waals surface area contributed by atoms with Crippen molar-refractivity contribution in [3.63, 3.8) is 0 Å². The van der Waals surface area contributed by atoms with Crippen LogP contribution in [0.4, 0.5) is 4.39 Å². The van der Waals surface area contributed by atoms with Gasteiger partial charge in [0.2, 0.25) is 0 Å². The molecule has 0 unspecified atom stereocenters. The summed E-state index contributed by atoms with van der Waals surface area (Å²) in [5.74, 6) is 0.175. The molecule has 0 saturated carbocycles. The Kier molecular flexibility index (Phi) is 6.91. The molecule has 0 aliphatic carbocycles. The monoisotopic (exact) mass is 539 g/mol. The molecule has 2 aromatic heterocycles. The van der Waals surface area contributed by atoms with Gasteiger partial charge in [-0.3, -0.25) is 9.36 Å². The standard InChI is InChI=1S/C22H23BrFN3O5S/c1-12-18-20(28)27(25-2)22(29)26(21(18)33-19(12)23)11-17(32-14-6-8-31-9-7-14)15-10-13(24)4-5-16(15)30-3/h4-5,10-11,14,25H,6-9H2,1-3H3. The Labute approximate surface area is 201 Å². The highest BCUT2D eigenvalue weighted by Gasteiger charge is 2.23. The number of nitrogens with zero attached hydrogens (tertiary/aromatic N) is 2. The minimum absolute atomic E-state index is 0.184. The number of aryl methyl sites for hydroxylation is 1. The van der Waals surface area contributed by atoms with E-state index in [2.05, 4.69) is 21.4 Å². The number of hydrogen-bond acceptors (Lipinski definition) is 7. The van der Waals surface area contributed by atoms with Crippen LogP contribution >= 0.6 is 27.3 Å². The van der Waals surface area contributed by atoms with Gasteiger partial charge in [-0.15, -0.1) is 11.3 Å². The van der Waals surface area contributed by atoms with Crippen LogP contribution in [0.25, 0.3) is 22.2 Å². The molecule has 1 saturated heterocycles. The summed E-state index contributed by atoms with van der Waals surface area (Å²) in [6.45, 7) is 2.89. The van der Waals surface area contributed by atoms with Gasteiger partial charge in [0.05, 0.1) is 41.3 Å². The van der Waals surface area contributed by atoms with Gasteiger partial charge in [-0.2, -0.15) is 4.68 Å². The molecule has 1 aliphatic heterocycles. The van der Waals surface area contributed by atoms with Crippen molar-refractivity contribution in [2.75, 3.05) is 32.8 Å². The largest absolute Gasteiger partial charge is 0.496 e. The van der Waals surface area contributed by atoms with Crippen LogP contribution < -0.4 is 21.4 Å². The second kappa shape index (κ2) is 9.70. The first-order valence-electron chi connectivity index (χ1n) is 10.3. The topological polar surface area (TPSA) is 83.7 Å². The molecule has 3 aromatic rings. The molecular formula is C22H23BrFN3O5S. The first-order valence-corrected chi connectivity index (χ1v) is 11.9. The Bertz CT molecular complexity index is 1340. The van der Waals surface area contributed by atoms with Crippen LogP contribution in [0.3, 0.4) is 0 Å². The van der Waals surface area contributed by atoms with Crippen LogP contribution in [0, 0.1) is 12.7 Å². The fraction of sp³-hybridized carbons (Fsp3) is 0.364. The van der Waals surface area contributed by atoms with Gasteiger partial charge >= 0.3 is 5.69 Å². The molecule has 1 fully saturated rings. The number of benzene rings is 1. The van der Waals surface area contributed by atoms with E-state index in [0.29, 0.717) is 47.6 Å². The number of thiophene rings is 1. The quantitative estimate of drug-likeness (QED) is 0.480. The van der Waals surface area contributed by atoms with E-state index >= 15 is 0 Å². The smallest absolute Gasteiger partial charge is 0.355 e. The maximum Gasteiger partial charge on any atom is 0.355 e. The summed E-state index contributed by atoms with van der Waals surface area (Å²) >= 11 is 4.73. The van der Waals surface area contributed by atoms with Crippen molar-refractivity contribution >= 4 is 49.4 Å². The fourth-order valence-electron chi connectivity index (χ4n) is 3.72. The third kappa shape index (κ3) is 4.44. The van der Waals surface area contributed by atoms with Gasteiger partial charge in [0.1, 0.15) is 28.3 Å². The van der Waals surface area contributed by atoms with E-state index < -0.39 is 17.1 Å². The van der Waals surface area contributed by atoms with E-state index in [9.17, 15) is 14.0 Å². The minimum atomic E-state index is -0.604. The van der Waals surface area contributed by atoms with Crippen molar-refractivity contribution in [2.45, 2.75) is 25.9 Å². The van der Waals surface area contributed by atoms with Gasteiger partial charge in [-0.05, 0) is 46.6 Å². The molecule has 176 valence electrons. The number of nitrogens with one attached hydrogen (secondary N) is 1. The number of ether oxygens (including phenoxy) is 3. The SMILES string of the molecule is CNn1c(=O)c2c(C)c(Br)sc2n(C=C(OC2CCOCC2)c2cc(F)ccc2OC)c1=O. The molecule has 11 heteroatoms. The lowest BCUT2D eigenvalue weighted by atomic mass is 10.1. The molecular weight excluding hydrogens is 517 g/mol. The Morgan fingerprint density at radius 1 is 1.33 bits per heavy atom. The van der Waals surface area contributed by atoms with E-state index in [-0.39, 0.29) is 11.9 Å². The second-order valence-corrected chi connectivity index (χ2v) is 9.78. The first kappa shape index (κ1) is 23.5. The van der Waals surface area contributed by atoms with Gasteiger partial charge in [0.15, 0.2) is 0 Å². The van der Waals surface area contributed by atoms with E-state index in [1.165, 1.54) is 54.5 Å². The Balaban J connectivity index is 2.00. The van der Waals surface area contributed by atoms with Crippen molar-refractivity contribution < 1.29 is 18.6 Å². The van der Waals surface area contributed by atoms with Crippen molar-refractivity contribution in [1.82, 2.24) is 9.24 Å². The third-order valence-corrected chi connectivity index (χ3v) is 7.62. The van der Waals surface area contributed by atoms with Gasteiger partial charge < -0.3 is 19.6 Å². The molecule has 8 nitrogen and oxygen atoms in total. The summed E-state index contributed by atoms with van der Waals surface area (Å²) in [6.07, 6.45) is 2.61. The maximum absolute atomic E-state index is 14.2. The van der Waals surface area contributed by atoms with E-state index in [1.807, 2.05) is 0 Å². The molecule has 3 heterocycles. The summed E-state index contributed by atoms with van der Waals surface area (Å²) in [7, 11) is 2.97. The molecule has 1 N–H and O–H groups in total. The Morgan fingerprint density at radius 2 is 2.06 bits per heavy atom. The summed E-state index contributed by atoms with van der Waals surface area (Å²) in [5.41, 5.74) is 2.68. The summed E-state index contributed by atoms with van der Waals surface area (Å²) in [5, 5.41) is 0.397. The molecule has 1 aliphatic rings. The molecule has 33 heavy (non-hydrogen) atoms. The van der Waals surface area contributed by atoms with Gasteiger partial charge in [0, 0.05) is 19.9 Å². The molecule has 0 atom stereocenters. The molecule has 0 radical (unpaired) electrons. The zero-order valence-electron chi connectivity index (χ0n) is 18.3. The highest BCUT2D eigenvalue weighted by molar-refractivity contribution is 9.11. The predicted molar refractivity (Wildman–Crippen MR) is 130 cm³/mol. The number of halogens is 2. The minimum Gasteiger partial charge on any atom is -0.496 e. The lowest BCUT2D eigenvalue weighted by molar-refractivity contribution is 0.0139. The zero-order valence-corrected chi connectivity index (χ0v) is 20.7. The van der Waals surface area contributed by atoms with Gasteiger partial charge in [-0.25, -0.2) is 9.18 Å². The van der Waals surface area contributed by atoms with Crippen LogP contribution in [0.5, 0.6) is 5.75 Å². The van der Waals surface area contributed by atoms with Gasteiger partial charge in [0.25, 0.3) is 5.56 Å². The highest BCUT2D eigenvalue weighted by atomic mass is 79.9. The summed E-state index contributed by atoms with van der Waals surface area (Å²) < 4.78 is 34.4. The number of rotatable bonds is 6. The molecule has 4 rings (SSSR count).